The Hall–Kier alpha value is -7.05. The van der Waals surface area contributed by atoms with Crippen LogP contribution in [0.15, 0.2) is 117 Å². The van der Waals surface area contributed by atoms with E-state index in [0.29, 0.717) is 58.4 Å². The molecule has 0 radical (unpaired) electrons. The lowest BCUT2D eigenvalue weighted by atomic mass is 9.74. The molecule has 0 aromatic heterocycles. The van der Waals surface area contributed by atoms with Crippen molar-refractivity contribution in [1.29, 1.82) is 0 Å². The molecule has 1 saturated heterocycles. The first kappa shape index (κ1) is 63.0. The number of hydrogen-bond donors (Lipinski definition) is 4. The Morgan fingerprint density at radius 3 is 1.95 bits per heavy atom. The van der Waals surface area contributed by atoms with Gasteiger partial charge in [-0.1, -0.05) is 31.2 Å². The number of rotatable bonds is 22. The van der Waals surface area contributed by atoms with Gasteiger partial charge in [0.05, 0.1) is 26.5 Å². The number of carbonyl (C=O) groups is 4. The van der Waals surface area contributed by atoms with Crippen molar-refractivity contribution in [3.63, 3.8) is 0 Å². The topological polar surface area (TPSA) is 326 Å². The highest BCUT2D eigenvalue weighted by Crippen LogP contribution is 2.54. The Morgan fingerprint density at radius 1 is 0.726 bits per heavy atom. The van der Waals surface area contributed by atoms with Crippen LogP contribution in [0.25, 0.3) is 27.1 Å². The molecule has 3 heterocycles. The van der Waals surface area contributed by atoms with Crippen molar-refractivity contribution in [3.05, 3.63) is 131 Å². The van der Waals surface area contributed by atoms with Crippen LogP contribution in [0.3, 0.4) is 0 Å². The van der Waals surface area contributed by atoms with Crippen molar-refractivity contribution in [2.75, 3.05) is 65.3 Å². The zero-order valence-electron chi connectivity index (χ0n) is 46.9. The molecule has 0 saturated carbocycles. The maximum Gasteiger partial charge on any atom is 0.363 e. The number of imide groups is 1. The first-order chi connectivity index (χ1) is 39.3. The summed E-state index contributed by atoms with van der Waals surface area (Å²) >= 11 is 0. The molecule has 2 atom stereocenters. The summed E-state index contributed by atoms with van der Waals surface area (Å²) in [6.07, 6.45) is 7.25. The molecule has 0 bridgehead atoms. The highest BCUT2D eigenvalue weighted by molar-refractivity contribution is 7.87. The van der Waals surface area contributed by atoms with Crippen LogP contribution >= 0.6 is 0 Å². The lowest BCUT2D eigenvalue weighted by molar-refractivity contribution is -0.437. The van der Waals surface area contributed by atoms with E-state index in [9.17, 15) is 71.1 Å². The highest BCUT2D eigenvalue weighted by Gasteiger charge is 2.49. The van der Waals surface area contributed by atoms with E-state index in [0.717, 1.165) is 17.3 Å². The standard InChI is InChI=1S/C57H62N4O19S4/c1-8-26-59-45-18-12-36-10-15-38(82(69,70)71)32-42(36)52(45)56(2,24-28-78-6)48(59)20-13-35(40-16-11-37(31-44(40)54(64)58(4)5)55(65)80-61-50(62)22-23-51(61)63)14-21-49-57(3,25-29-79-7)53-43-33-39(83(72,73)74)34-47(84(75,76)77)41(43)17-19-46(53)60(49)27-9-30-81(66,67)68/h10-21,31-34H,8-9,22-30H2,1-7H3,(H3-,66,67,68,69,70,71,72,73,74,75,76,77)/p+1. The second kappa shape index (κ2) is 23.8. The molecule has 2 unspecified atom stereocenters. The average molecular weight is 1240 g/mol. The van der Waals surface area contributed by atoms with E-state index < -0.39 is 90.5 Å². The number of ether oxygens (including phenoxy) is 2. The van der Waals surface area contributed by atoms with E-state index in [1.54, 1.807) is 36.1 Å². The van der Waals surface area contributed by atoms with Gasteiger partial charge in [-0.2, -0.15) is 38.2 Å². The fourth-order valence-corrected chi connectivity index (χ4v) is 13.7. The number of methoxy groups -OCH3 is 2. The Labute approximate surface area is 486 Å². The predicted octanol–water partition coefficient (Wildman–Crippen LogP) is 7.07. The molecule has 5 aromatic rings. The molecule has 4 N–H and O–H groups in total. The first-order valence-electron chi connectivity index (χ1n) is 26.3. The van der Waals surface area contributed by atoms with Crippen molar-refractivity contribution in [3.8, 4) is 0 Å². The largest absolute Gasteiger partial charge is 0.385 e. The van der Waals surface area contributed by atoms with Crippen molar-refractivity contribution in [2.24, 2.45) is 0 Å². The third kappa shape index (κ3) is 12.4. The summed E-state index contributed by atoms with van der Waals surface area (Å²) in [6.45, 7) is 6.18. The first-order valence-corrected chi connectivity index (χ1v) is 32.2. The number of allylic oxidation sites excluding steroid dienone is 6. The summed E-state index contributed by atoms with van der Waals surface area (Å²) in [6, 6.07) is 16.6. The maximum absolute atomic E-state index is 14.6. The van der Waals surface area contributed by atoms with Gasteiger partial charge < -0.3 is 24.1 Å². The van der Waals surface area contributed by atoms with Crippen LogP contribution in [0.2, 0.25) is 0 Å². The minimum Gasteiger partial charge on any atom is -0.385 e. The fraction of sp³-hybridized carbons (Fsp3) is 0.351. The molecule has 1 fully saturated rings. The number of hydroxylamine groups is 2. The van der Waals surface area contributed by atoms with Gasteiger partial charge >= 0.3 is 5.97 Å². The summed E-state index contributed by atoms with van der Waals surface area (Å²) in [5, 5.41) is 1.40. The molecule has 5 aromatic carbocycles. The predicted molar refractivity (Wildman–Crippen MR) is 310 cm³/mol. The molecular formula is C57H63N4O19S4+. The van der Waals surface area contributed by atoms with Gasteiger partial charge in [0.2, 0.25) is 5.69 Å². The Balaban J connectivity index is 1.45. The van der Waals surface area contributed by atoms with Gasteiger partial charge in [0.1, 0.15) is 11.4 Å². The molecular weight excluding hydrogens is 1170 g/mol. The zero-order valence-corrected chi connectivity index (χ0v) is 50.1. The Kier molecular flexibility index (Phi) is 17.8. The van der Waals surface area contributed by atoms with E-state index >= 15 is 0 Å². The van der Waals surface area contributed by atoms with Gasteiger partial charge in [-0.3, -0.25) is 32.6 Å². The Bertz CT molecular complexity index is 4180. The normalized spacial score (nSPS) is 19.2. The second-order valence-corrected chi connectivity index (χ2v) is 27.0. The van der Waals surface area contributed by atoms with E-state index in [1.807, 2.05) is 32.1 Å². The third-order valence-corrected chi connectivity index (χ3v) is 18.7. The molecule has 3 aliphatic heterocycles. The van der Waals surface area contributed by atoms with Crippen molar-refractivity contribution < 1.29 is 89.9 Å². The number of benzene rings is 5. The molecule has 3 amide bonds. The van der Waals surface area contributed by atoms with Gasteiger partial charge in [0.15, 0.2) is 5.71 Å². The van der Waals surface area contributed by atoms with Crippen molar-refractivity contribution in [2.45, 2.75) is 84.8 Å². The third-order valence-electron chi connectivity index (χ3n) is 15.4. The van der Waals surface area contributed by atoms with E-state index in [1.165, 1.54) is 75.7 Å². The van der Waals surface area contributed by atoms with Crippen LogP contribution < -0.4 is 4.90 Å². The lowest BCUT2D eigenvalue weighted by Crippen LogP contribution is -2.33. The SMILES string of the molecule is CCC[N+]1=C(/C=C/C(=C/C=C2/N(CCCS(=O)(=O)O)c3ccc4c(S(=O)(=O)O)cc(S(=O)(=O)O)cc4c3C2(C)CCOC)c2ccc(C(=O)ON3C(=O)CCC3=O)cc2C(=O)N(C)C)C(C)(CCOC)c2c1ccc1ccc(S(=O)(=O)O)cc21. The monoisotopic (exact) mass is 1240 g/mol. The number of anilines is 1. The molecule has 0 spiro atoms. The smallest absolute Gasteiger partial charge is 0.363 e. The van der Waals surface area contributed by atoms with Crippen molar-refractivity contribution >= 4 is 108 Å². The molecule has 27 heteroatoms. The number of carbonyl (C=O) groups excluding carboxylic acids is 4. The van der Waals surface area contributed by atoms with Crippen LogP contribution in [-0.4, -0.2) is 156 Å². The molecule has 84 heavy (non-hydrogen) atoms. The number of fused-ring (bicyclic) bond motifs is 6. The van der Waals surface area contributed by atoms with E-state index in [-0.39, 0.29) is 88.9 Å². The summed E-state index contributed by atoms with van der Waals surface area (Å²) in [5.74, 6) is -3.95. The summed E-state index contributed by atoms with van der Waals surface area (Å²) in [5.41, 5.74) is 0.867. The Morgan fingerprint density at radius 2 is 1.36 bits per heavy atom. The quantitative estimate of drug-likeness (QED) is 0.0233. The average Bonchev–Trinajstić information content (AvgIpc) is 1.59. The summed E-state index contributed by atoms with van der Waals surface area (Å²) in [4.78, 5) is 59.6. The number of nitrogens with zero attached hydrogens (tertiary/aromatic N) is 4. The van der Waals surface area contributed by atoms with Crippen LogP contribution in [0, 0.1) is 0 Å². The van der Waals surface area contributed by atoms with Gasteiger partial charge in [0, 0.05) is 113 Å². The molecule has 23 nitrogen and oxygen atoms in total. The van der Waals surface area contributed by atoms with E-state index in [4.69, 9.17) is 14.3 Å². The number of amides is 3. The molecule has 3 aliphatic rings. The minimum absolute atomic E-state index is 0.00241. The summed E-state index contributed by atoms with van der Waals surface area (Å²) in [7, 11) is -13.6. The van der Waals surface area contributed by atoms with Gasteiger partial charge in [-0.25, -0.2) is 4.79 Å². The van der Waals surface area contributed by atoms with Crippen LogP contribution in [-0.2, 0) is 75.2 Å². The van der Waals surface area contributed by atoms with Gasteiger partial charge in [-0.05, 0) is 127 Å². The summed E-state index contributed by atoms with van der Waals surface area (Å²) < 4.78 is 156. The van der Waals surface area contributed by atoms with Gasteiger partial charge in [0.25, 0.3) is 58.2 Å². The number of hydrogen-bond acceptors (Lipinski definition) is 16. The van der Waals surface area contributed by atoms with E-state index in [2.05, 4.69) is 4.58 Å². The molecule has 448 valence electrons. The van der Waals surface area contributed by atoms with Crippen LogP contribution in [0.4, 0.5) is 11.4 Å². The van der Waals surface area contributed by atoms with Crippen molar-refractivity contribution in [1.82, 2.24) is 9.96 Å². The van der Waals surface area contributed by atoms with Crippen LogP contribution in [0.1, 0.15) is 96.7 Å². The van der Waals surface area contributed by atoms with Crippen LogP contribution in [0.5, 0.6) is 0 Å². The highest BCUT2D eigenvalue weighted by atomic mass is 32.2. The second-order valence-electron chi connectivity index (χ2n) is 21.1. The molecule has 8 rings (SSSR count). The fourth-order valence-electron chi connectivity index (χ4n) is 11.4. The zero-order chi connectivity index (χ0) is 61.6. The molecule has 0 aliphatic carbocycles. The minimum atomic E-state index is -5.18. The van der Waals surface area contributed by atoms with Gasteiger partial charge in [-0.15, -0.1) is 5.06 Å². The lowest BCUT2D eigenvalue weighted by Gasteiger charge is -2.31. The maximum atomic E-state index is 14.6.